The topological polar surface area (TPSA) is 0 Å². The summed E-state index contributed by atoms with van der Waals surface area (Å²) in [5, 5.41) is 0. The van der Waals surface area contributed by atoms with Crippen molar-refractivity contribution in [3.63, 3.8) is 0 Å². The maximum absolute atomic E-state index is 14.9. The van der Waals surface area contributed by atoms with E-state index >= 15 is 0 Å². The minimum Gasteiger partial charge on any atom is -0.206 e. The van der Waals surface area contributed by atoms with Gasteiger partial charge in [-0.05, 0) is 61.1 Å². The van der Waals surface area contributed by atoms with E-state index < -0.39 is 17.6 Å². The van der Waals surface area contributed by atoms with Crippen LogP contribution in [-0.4, -0.2) is 0 Å². The number of halogens is 4. The van der Waals surface area contributed by atoms with Crippen molar-refractivity contribution in [2.24, 2.45) is 5.92 Å². The molecule has 0 heterocycles. The van der Waals surface area contributed by atoms with Gasteiger partial charge >= 0.3 is 6.18 Å². The average Bonchev–Trinajstić information content (AvgIpc) is 2.68. The van der Waals surface area contributed by atoms with Gasteiger partial charge in [0, 0.05) is 5.56 Å². The van der Waals surface area contributed by atoms with E-state index in [-0.39, 0.29) is 11.1 Å². The van der Waals surface area contributed by atoms with E-state index in [0.29, 0.717) is 11.5 Å². The first-order valence-corrected chi connectivity index (χ1v) is 10.5. The van der Waals surface area contributed by atoms with E-state index in [1.165, 1.54) is 55.5 Å². The normalized spacial score (nSPS) is 20.3. The Balaban J connectivity index is 1.85. The number of alkyl halides is 3. The molecule has 0 aliphatic heterocycles. The van der Waals surface area contributed by atoms with E-state index in [0.717, 1.165) is 18.8 Å². The maximum Gasteiger partial charge on any atom is 0.419 e. The van der Waals surface area contributed by atoms with Crippen LogP contribution >= 0.6 is 0 Å². The molecule has 0 saturated heterocycles. The van der Waals surface area contributed by atoms with Crippen LogP contribution in [0.3, 0.4) is 0 Å². The third-order valence-corrected chi connectivity index (χ3v) is 6.04. The molecule has 29 heavy (non-hydrogen) atoms. The van der Waals surface area contributed by atoms with Crippen LogP contribution in [0.25, 0.3) is 17.2 Å². The lowest BCUT2D eigenvalue weighted by Gasteiger charge is -2.28. The summed E-state index contributed by atoms with van der Waals surface area (Å²) in [5.74, 6) is 0.104. The molecule has 0 N–H and O–H groups in total. The largest absolute Gasteiger partial charge is 0.419 e. The molecule has 0 bridgehead atoms. The van der Waals surface area contributed by atoms with E-state index in [2.05, 4.69) is 6.92 Å². The van der Waals surface area contributed by atoms with Crippen LogP contribution in [0.1, 0.15) is 75.0 Å². The molecule has 2 aromatic rings. The van der Waals surface area contributed by atoms with Crippen molar-refractivity contribution in [1.82, 2.24) is 0 Å². The first kappa shape index (κ1) is 21.6. The molecule has 0 unspecified atom stereocenters. The van der Waals surface area contributed by atoms with Crippen molar-refractivity contribution in [3.8, 4) is 11.1 Å². The summed E-state index contributed by atoms with van der Waals surface area (Å²) in [5.41, 5.74) is 0.311. The summed E-state index contributed by atoms with van der Waals surface area (Å²) in [6.07, 6.45) is 5.29. The standard InChI is InChI=1S/C25H28F4/c1-3-5-17-7-9-18(10-8-17)19-11-13-20(14-12-19)22-16-15-21(6-4-2)23(24(22)26)25(27,28)29/h4,6,11-18H,3,5,7-10H2,1-2H3/b6-4+. The highest BCUT2D eigenvalue weighted by atomic mass is 19.4. The molecule has 1 aliphatic carbocycles. The number of hydrogen-bond donors (Lipinski definition) is 0. The fourth-order valence-electron chi connectivity index (χ4n) is 4.55. The summed E-state index contributed by atoms with van der Waals surface area (Å²) in [4.78, 5) is 0. The molecule has 0 nitrogen and oxygen atoms in total. The summed E-state index contributed by atoms with van der Waals surface area (Å²) in [6, 6.07) is 10.2. The van der Waals surface area contributed by atoms with Crippen molar-refractivity contribution in [3.05, 3.63) is 65.0 Å². The Morgan fingerprint density at radius 2 is 1.62 bits per heavy atom. The van der Waals surface area contributed by atoms with Crippen LogP contribution in [0.5, 0.6) is 0 Å². The highest BCUT2D eigenvalue weighted by Gasteiger charge is 2.37. The van der Waals surface area contributed by atoms with Crippen molar-refractivity contribution in [2.45, 2.75) is 64.5 Å². The monoisotopic (exact) mass is 404 g/mol. The molecule has 1 aliphatic rings. The van der Waals surface area contributed by atoms with E-state index in [4.69, 9.17) is 0 Å². The molecular weight excluding hydrogens is 376 g/mol. The molecule has 1 saturated carbocycles. The molecule has 0 amide bonds. The predicted octanol–water partition coefficient (Wildman–Crippen LogP) is 8.62. The van der Waals surface area contributed by atoms with E-state index in [1.807, 2.05) is 12.1 Å². The Labute approximate surface area is 170 Å². The number of rotatable bonds is 5. The van der Waals surface area contributed by atoms with Gasteiger partial charge in [-0.2, -0.15) is 13.2 Å². The first-order chi connectivity index (χ1) is 13.8. The zero-order chi connectivity index (χ0) is 21.0. The molecular formula is C25H28F4. The van der Waals surface area contributed by atoms with Gasteiger partial charge in [-0.25, -0.2) is 4.39 Å². The fourth-order valence-corrected chi connectivity index (χ4v) is 4.55. The highest BCUT2D eigenvalue weighted by Crippen LogP contribution is 2.40. The van der Waals surface area contributed by atoms with Crippen LogP contribution in [0.15, 0.2) is 42.5 Å². The van der Waals surface area contributed by atoms with Crippen LogP contribution in [0, 0.1) is 11.7 Å². The van der Waals surface area contributed by atoms with Gasteiger partial charge in [-0.1, -0.05) is 68.3 Å². The Hall–Kier alpha value is -2.10. The van der Waals surface area contributed by atoms with E-state index in [9.17, 15) is 17.6 Å². The number of allylic oxidation sites excluding steroid dienone is 1. The Morgan fingerprint density at radius 1 is 0.966 bits per heavy atom. The van der Waals surface area contributed by atoms with E-state index in [1.54, 1.807) is 19.1 Å². The second-order valence-electron chi connectivity index (χ2n) is 8.02. The molecule has 4 heteroatoms. The Kier molecular flexibility index (Phi) is 6.81. The smallest absolute Gasteiger partial charge is 0.206 e. The van der Waals surface area contributed by atoms with Gasteiger partial charge in [0.05, 0.1) is 5.56 Å². The van der Waals surface area contributed by atoms with Gasteiger partial charge in [-0.15, -0.1) is 0 Å². The predicted molar refractivity (Wildman–Crippen MR) is 111 cm³/mol. The summed E-state index contributed by atoms with van der Waals surface area (Å²) >= 11 is 0. The average molecular weight is 404 g/mol. The lowest BCUT2D eigenvalue weighted by molar-refractivity contribution is -0.140. The molecule has 2 aromatic carbocycles. The fraction of sp³-hybridized carbons (Fsp3) is 0.440. The van der Waals surface area contributed by atoms with Crippen molar-refractivity contribution >= 4 is 6.08 Å². The molecule has 0 radical (unpaired) electrons. The zero-order valence-electron chi connectivity index (χ0n) is 17.0. The van der Waals surface area contributed by atoms with Crippen LogP contribution in [0.2, 0.25) is 0 Å². The molecule has 3 rings (SSSR count). The molecule has 1 fully saturated rings. The Bertz CT molecular complexity index is 838. The van der Waals surface area contributed by atoms with Crippen LogP contribution < -0.4 is 0 Å². The van der Waals surface area contributed by atoms with Gasteiger partial charge < -0.3 is 0 Å². The Morgan fingerprint density at radius 3 is 2.17 bits per heavy atom. The minimum atomic E-state index is -4.74. The molecule has 0 spiro atoms. The SMILES string of the molecule is C/C=C/c1ccc(-c2ccc(C3CCC(CCC)CC3)cc2)c(F)c1C(F)(F)F. The van der Waals surface area contributed by atoms with Crippen LogP contribution in [-0.2, 0) is 6.18 Å². The van der Waals surface area contributed by atoms with Gasteiger partial charge in [0.2, 0.25) is 0 Å². The first-order valence-electron chi connectivity index (χ1n) is 10.5. The van der Waals surface area contributed by atoms with Gasteiger partial charge in [0.15, 0.2) is 0 Å². The molecule has 0 atom stereocenters. The maximum atomic E-state index is 14.9. The minimum absolute atomic E-state index is 0.0104. The second kappa shape index (κ2) is 9.15. The molecule has 0 aromatic heterocycles. The molecule has 156 valence electrons. The second-order valence-corrected chi connectivity index (χ2v) is 8.02. The number of benzene rings is 2. The lowest BCUT2D eigenvalue weighted by atomic mass is 9.77. The van der Waals surface area contributed by atoms with Crippen LogP contribution in [0.4, 0.5) is 17.6 Å². The highest BCUT2D eigenvalue weighted by molar-refractivity contribution is 5.69. The van der Waals surface area contributed by atoms with Crippen molar-refractivity contribution in [2.75, 3.05) is 0 Å². The summed E-state index contributed by atoms with van der Waals surface area (Å²) in [7, 11) is 0. The zero-order valence-corrected chi connectivity index (χ0v) is 17.0. The summed E-state index contributed by atoms with van der Waals surface area (Å²) in [6.45, 7) is 3.83. The van der Waals surface area contributed by atoms with Gasteiger partial charge in [-0.3, -0.25) is 0 Å². The van der Waals surface area contributed by atoms with Gasteiger partial charge in [0.25, 0.3) is 0 Å². The lowest BCUT2D eigenvalue weighted by Crippen LogP contribution is -2.13. The quantitative estimate of drug-likeness (QED) is 0.438. The summed E-state index contributed by atoms with van der Waals surface area (Å²) < 4.78 is 55.2. The third kappa shape index (κ3) is 4.91. The third-order valence-electron chi connectivity index (χ3n) is 6.04. The van der Waals surface area contributed by atoms with Crippen molar-refractivity contribution < 1.29 is 17.6 Å². The van der Waals surface area contributed by atoms with Crippen molar-refractivity contribution in [1.29, 1.82) is 0 Å². The van der Waals surface area contributed by atoms with Gasteiger partial charge in [0.1, 0.15) is 5.82 Å². The number of hydrogen-bond acceptors (Lipinski definition) is 0.